The Morgan fingerprint density at radius 1 is 0.871 bits per heavy atom. The second-order valence-electron chi connectivity index (χ2n) is 8.65. The first-order valence-electron chi connectivity index (χ1n) is 11.1. The fourth-order valence-electron chi connectivity index (χ4n) is 5.27. The minimum absolute atomic E-state index is 0.716. The summed E-state index contributed by atoms with van der Waals surface area (Å²) in [6.07, 6.45) is 8.61. The summed E-state index contributed by atoms with van der Waals surface area (Å²) in [6, 6.07) is 23.8. The molecule has 1 aliphatic carbocycles. The summed E-state index contributed by atoms with van der Waals surface area (Å²) in [4.78, 5) is 9.67. The van der Waals surface area contributed by atoms with Crippen LogP contribution in [0.1, 0.15) is 24.0 Å². The summed E-state index contributed by atoms with van der Waals surface area (Å²) in [5.74, 6) is 0.716. The molecule has 1 aromatic heterocycles. The van der Waals surface area contributed by atoms with Crippen LogP contribution in [0.15, 0.2) is 85.6 Å². The Labute approximate surface area is 182 Å². The molecule has 1 atom stereocenters. The van der Waals surface area contributed by atoms with E-state index in [0.717, 1.165) is 36.0 Å². The second-order valence-corrected chi connectivity index (χ2v) is 8.65. The van der Waals surface area contributed by atoms with E-state index in [-0.39, 0.29) is 0 Å². The van der Waals surface area contributed by atoms with Crippen molar-refractivity contribution in [2.45, 2.75) is 25.7 Å². The predicted molar refractivity (Wildman–Crippen MR) is 130 cm³/mol. The van der Waals surface area contributed by atoms with Crippen molar-refractivity contribution in [2.75, 3.05) is 0 Å². The van der Waals surface area contributed by atoms with Gasteiger partial charge in [0.25, 0.3) is 0 Å². The molecule has 0 radical (unpaired) electrons. The minimum Gasteiger partial charge on any atom is -0.252 e. The van der Waals surface area contributed by atoms with Crippen molar-refractivity contribution in [1.82, 2.24) is 9.97 Å². The number of hydrogen-bond donors (Lipinski definition) is 0. The molecule has 0 aliphatic heterocycles. The first-order chi connectivity index (χ1) is 15.3. The summed E-state index contributed by atoms with van der Waals surface area (Å²) >= 11 is 0. The zero-order valence-electron chi connectivity index (χ0n) is 17.5. The van der Waals surface area contributed by atoms with Crippen LogP contribution in [-0.4, -0.2) is 9.97 Å². The van der Waals surface area contributed by atoms with E-state index in [1.165, 1.54) is 44.7 Å². The summed E-state index contributed by atoms with van der Waals surface area (Å²) in [6.45, 7) is 3.95. The maximum Gasteiger partial charge on any atom is 0.0899 e. The SMILES string of the molecule is C=CCC1CCc2c(ccc3c2cc(-c2cnc4ccccc4n2)c2ccccc23)C1. The van der Waals surface area contributed by atoms with Crippen molar-refractivity contribution < 1.29 is 0 Å². The number of nitrogens with zero attached hydrogens (tertiary/aromatic N) is 2. The Bertz CT molecular complexity index is 1460. The third-order valence-corrected chi connectivity index (χ3v) is 6.79. The van der Waals surface area contributed by atoms with Gasteiger partial charge >= 0.3 is 0 Å². The van der Waals surface area contributed by atoms with Gasteiger partial charge < -0.3 is 0 Å². The van der Waals surface area contributed by atoms with Crippen molar-refractivity contribution in [3.8, 4) is 11.3 Å². The van der Waals surface area contributed by atoms with E-state index >= 15 is 0 Å². The predicted octanol–water partition coefficient (Wildman–Crippen LogP) is 7.28. The van der Waals surface area contributed by atoms with Crippen molar-refractivity contribution in [1.29, 1.82) is 0 Å². The largest absolute Gasteiger partial charge is 0.252 e. The normalized spacial score (nSPS) is 15.9. The Kier molecular flexibility index (Phi) is 4.31. The van der Waals surface area contributed by atoms with Gasteiger partial charge in [0, 0.05) is 5.56 Å². The lowest BCUT2D eigenvalue weighted by molar-refractivity contribution is 0.466. The number of rotatable bonds is 3. The zero-order valence-corrected chi connectivity index (χ0v) is 17.5. The number of hydrogen-bond acceptors (Lipinski definition) is 2. The average molecular weight is 401 g/mol. The molecule has 0 N–H and O–H groups in total. The highest BCUT2D eigenvalue weighted by molar-refractivity contribution is 6.14. The molecule has 4 aromatic carbocycles. The molecule has 1 heterocycles. The van der Waals surface area contributed by atoms with Gasteiger partial charge in [0.05, 0.1) is 22.9 Å². The van der Waals surface area contributed by atoms with Crippen LogP contribution in [0.3, 0.4) is 0 Å². The highest BCUT2D eigenvalue weighted by Gasteiger charge is 2.21. The van der Waals surface area contributed by atoms with Crippen LogP contribution in [-0.2, 0) is 12.8 Å². The topological polar surface area (TPSA) is 25.8 Å². The first kappa shape index (κ1) is 18.3. The van der Waals surface area contributed by atoms with Gasteiger partial charge in [0.1, 0.15) is 0 Å². The number of aryl methyl sites for hydroxylation is 1. The van der Waals surface area contributed by atoms with Gasteiger partial charge in [-0.3, -0.25) is 4.98 Å². The molecule has 150 valence electrons. The van der Waals surface area contributed by atoms with Crippen molar-refractivity contribution in [2.24, 2.45) is 5.92 Å². The summed E-state index contributed by atoms with van der Waals surface area (Å²) in [5, 5.41) is 5.24. The molecule has 2 nitrogen and oxygen atoms in total. The van der Waals surface area contributed by atoms with Crippen LogP contribution in [0.4, 0.5) is 0 Å². The fraction of sp³-hybridized carbons (Fsp3) is 0.172. The lowest BCUT2D eigenvalue weighted by Gasteiger charge is -2.25. The van der Waals surface area contributed by atoms with E-state index in [0.29, 0.717) is 5.92 Å². The van der Waals surface area contributed by atoms with Gasteiger partial charge in [-0.05, 0) is 82.5 Å². The Morgan fingerprint density at radius 3 is 2.52 bits per heavy atom. The molecule has 0 spiro atoms. The zero-order chi connectivity index (χ0) is 20.8. The molecule has 1 unspecified atom stereocenters. The first-order valence-corrected chi connectivity index (χ1v) is 11.1. The van der Waals surface area contributed by atoms with E-state index in [2.05, 4.69) is 55.1 Å². The summed E-state index contributed by atoms with van der Waals surface area (Å²) in [7, 11) is 0. The summed E-state index contributed by atoms with van der Waals surface area (Å²) < 4.78 is 0. The molecule has 1 aliphatic rings. The molecule has 2 heteroatoms. The molecule has 6 rings (SSSR count). The standard InChI is InChI=1S/C29H24N2/c1-2-7-19-12-14-21-20(16-19)13-15-24-22-8-3-4-9-23(22)26(17-25(21)24)29-18-30-27-10-5-6-11-28(27)31-29/h2-6,8-11,13,15,17-19H,1,7,12,14,16H2. The van der Waals surface area contributed by atoms with Crippen molar-refractivity contribution in [3.63, 3.8) is 0 Å². The highest BCUT2D eigenvalue weighted by Crippen LogP contribution is 2.39. The van der Waals surface area contributed by atoms with Crippen molar-refractivity contribution >= 4 is 32.6 Å². The molecular formula is C29H24N2. The van der Waals surface area contributed by atoms with Crippen LogP contribution in [0, 0.1) is 5.92 Å². The quantitative estimate of drug-likeness (QED) is 0.235. The van der Waals surface area contributed by atoms with Gasteiger partial charge in [-0.1, -0.05) is 54.6 Å². The van der Waals surface area contributed by atoms with E-state index in [1.807, 2.05) is 30.5 Å². The lowest BCUT2D eigenvalue weighted by atomic mass is 9.79. The van der Waals surface area contributed by atoms with Gasteiger partial charge in [0.2, 0.25) is 0 Å². The smallest absolute Gasteiger partial charge is 0.0899 e. The molecule has 0 saturated heterocycles. The van der Waals surface area contributed by atoms with E-state index in [9.17, 15) is 0 Å². The number of fused-ring (bicyclic) bond motifs is 6. The average Bonchev–Trinajstić information content (AvgIpc) is 2.83. The highest BCUT2D eigenvalue weighted by atomic mass is 14.8. The molecule has 0 saturated carbocycles. The summed E-state index contributed by atoms with van der Waals surface area (Å²) in [5.41, 5.74) is 6.99. The van der Waals surface area contributed by atoms with Crippen LogP contribution in [0.25, 0.3) is 43.8 Å². The third kappa shape index (κ3) is 3.02. The Balaban J connectivity index is 1.62. The minimum atomic E-state index is 0.716. The van der Waals surface area contributed by atoms with E-state index < -0.39 is 0 Å². The van der Waals surface area contributed by atoms with Gasteiger partial charge in [-0.25, -0.2) is 4.98 Å². The van der Waals surface area contributed by atoms with Gasteiger partial charge in [-0.15, -0.1) is 6.58 Å². The fourth-order valence-corrected chi connectivity index (χ4v) is 5.27. The van der Waals surface area contributed by atoms with Crippen LogP contribution >= 0.6 is 0 Å². The maximum atomic E-state index is 4.98. The third-order valence-electron chi connectivity index (χ3n) is 6.79. The molecule has 5 aromatic rings. The molecular weight excluding hydrogens is 376 g/mol. The van der Waals surface area contributed by atoms with E-state index in [4.69, 9.17) is 9.97 Å². The number of allylic oxidation sites excluding steroid dienone is 1. The van der Waals surface area contributed by atoms with Crippen LogP contribution < -0.4 is 0 Å². The molecule has 0 bridgehead atoms. The maximum absolute atomic E-state index is 4.98. The number of aromatic nitrogens is 2. The number of benzene rings is 4. The lowest BCUT2D eigenvalue weighted by Crippen LogP contribution is -2.14. The second kappa shape index (κ2) is 7.31. The molecule has 31 heavy (non-hydrogen) atoms. The van der Waals surface area contributed by atoms with Crippen LogP contribution in [0.5, 0.6) is 0 Å². The Hall–Kier alpha value is -3.52. The molecule has 0 fully saturated rings. The van der Waals surface area contributed by atoms with Crippen LogP contribution in [0.2, 0.25) is 0 Å². The van der Waals surface area contributed by atoms with E-state index in [1.54, 1.807) is 0 Å². The Morgan fingerprint density at radius 2 is 1.65 bits per heavy atom. The monoisotopic (exact) mass is 400 g/mol. The number of para-hydroxylation sites is 2. The van der Waals surface area contributed by atoms with Gasteiger partial charge in [-0.2, -0.15) is 0 Å². The molecule has 0 amide bonds. The van der Waals surface area contributed by atoms with Crippen molar-refractivity contribution in [3.05, 3.63) is 96.7 Å². The van der Waals surface area contributed by atoms with Gasteiger partial charge in [0.15, 0.2) is 0 Å².